The molecule has 6 heterocycles. The Morgan fingerprint density at radius 2 is 1.15 bits per heavy atom. The molecule has 6 aromatic carbocycles. The van der Waals surface area contributed by atoms with E-state index in [0.29, 0.717) is 0 Å². The maximum absolute atomic E-state index is 5.58. The molecule has 6 aromatic heterocycles. The highest BCUT2D eigenvalue weighted by molar-refractivity contribution is 6.01. The number of H-pyrrole nitrogens is 3. The van der Waals surface area contributed by atoms with Gasteiger partial charge in [-0.2, -0.15) is 0 Å². The van der Waals surface area contributed by atoms with Crippen LogP contribution in [0.4, 0.5) is 0 Å². The fraction of sp³-hybridized carbons (Fsp3) is 0.0556. The van der Waals surface area contributed by atoms with Gasteiger partial charge in [0, 0.05) is 78.6 Å². The van der Waals surface area contributed by atoms with E-state index < -0.39 is 0 Å². The Kier molecular flexibility index (Phi) is 7.90. The summed E-state index contributed by atoms with van der Waals surface area (Å²) < 4.78 is 5.58. The van der Waals surface area contributed by atoms with Crippen LogP contribution >= 0.6 is 0 Å². The van der Waals surface area contributed by atoms with Crippen LogP contribution in [0.5, 0.6) is 5.75 Å². The Labute approximate surface area is 350 Å². The molecule has 0 saturated heterocycles. The number of ether oxygens (including phenoxy) is 1. The quantitative estimate of drug-likeness (QED) is 0.150. The molecule has 0 bridgehead atoms. The molecule has 0 atom stereocenters. The van der Waals surface area contributed by atoms with Gasteiger partial charge in [0.25, 0.3) is 0 Å². The third kappa shape index (κ3) is 5.85. The second kappa shape index (κ2) is 13.8. The van der Waals surface area contributed by atoms with Crippen molar-refractivity contribution < 1.29 is 4.74 Å². The number of aromatic nitrogens is 6. The number of methoxy groups -OCH3 is 1. The highest BCUT2D eigenvalue weighted by Crippen LogP contribution is 2.37. The zero-order valence-corrected chi connectivity index (χ0v) is 33.5. The van der Waals surface area contributed by atoms with E-state index in [1.165, 1.54) is 16.7 Å². The fourth-order valence-corrected chi connectivity index (χ4v) is 9.17. The predicted molar refractivity (Wildman–Crippen MR) is 250 cm³/mol. The van der Waals surface area contributed by atoms with Crippen LogP contribution in [0.25, 0.3) is 110 Å². The Hall–Kier alpha value is -8.03. The predicted octanol–water partition coefficient (Wildman–Crippen LogP) is 13.4. The number of hydrogen-bond acceptors (Lipinski definition) is 4. The number of pyridine rings is 3. The summed E-state index contributed by atoms with van der Waals surface area (Å²) in [7, 11) is 1.70. The monoisotopic (exact) mass is 786 g/mol. The molecule has 0 aliphatic rings. The SMILES string of the molecule is COc1cccc2c(-c3cc(C)c4cc(Cc5cccc6c(-c7ccc8ccc(-c9ccc%10c(-c%11ccc%12ccccc%12n%11)c[nH]c%10c9)cc8n7)c[nH]c56)ccc4n3)c[nH]c12. The van der Waals surface area contributed by atoms with Crippen molar-refractivity contribution in [3.63, 3.8) is 0 Å². The highest BCUT2D eigenvalue weighted by atomic mass is 16.5. The molecule has 7 heteroatoms. The molecule has 7 nitrogen and oxygen atoms in total. The topological polar surface area (TPSA) is 95.3 Å². The smallest absolute Gasteiger partial charge is 0.142 e. The first-order valence-electron chi connectivity index (χ1n) is 20.6. The summed E-state index contributed by atoms with van der Waals surface area (Å²) in [5.74, 6) is 0.825. The summed E-state index contributed by atoms with van der Waals surface area (Å²) in [6, 6.07) is 51.4. The van der Waals surface area contributed by atoms with Crippen LogP contribution in [-0.2, 0) is 6.42 Å². The van der Waals surface area contributed by atoms with Crippen LogP contribution in [0.2, 0.25) is 0 Å². The summed E-state index contributed by atoms with van der Waals surface area (Å²) in [4.78, 5) is 25.8. The zero-order valence-electron chi connectivity index (χ0n) is 33.5. The molecule has 0 aliphatic heterocycles. The van der Waals surface area contributed by atoms with Crippen molar-refractivity contribution in [2.24, 2.45) is 0 Å². The van der Waals surface area contributed by atoms with Crippen molar-refractivity contribution in [2.75, 3.05) is 7.11 Å². The van der Waals surface area contributed by atoms with Gasteiger partial charge in [-0.1, -0.05) is 91.0 Å². The van der Waals surface area contributed by atoms with E-state index >= 15 is 0 Å². The largest absolute Gasteiger partial charge is 0.495 e. The van der Waals surface area contributed by atoms with E-state index in [0.717, 1.165) is 122 Å². The number of para-hydroxylation sites is 3. The lowest BCUT2D eigenvalue weighted by Crippen LogP contribution is -1.93. The maximum atomic E-state index is 5.58. The van der Waals surface area contributed by atoms with E-state index in [4.69, 9.17) is 19.7 Å². The van der Waals surface area contributed by atoms with Crippen LogP contribution in [0.1, 0.15) is 16.7 Å². The van der Waals surface area contributed by atoms with Gasteiger partial charge in [-0.15, -0.1) is 0 Å². The van der Waals surface area contributed by atoms with Crippen LogP contribution in [0, 0.1) is 6.92 Å². The number of nitrogens with zero attached hydrogens (tertiary/aromatic N) is 3. The van der Waals surface area contributed by atoms with Gasteiger partial charge in [0.05, 0.1) is 46.3 Å². The number of benzene rings is 6. The summed E-state index contributed by atoms with van der Waals surface area (Å²) >= 11 is 0. The molecule has 61 heavy (non-hydrogen) atoms. The molecule has 12 aromatic rings. The van der Waals surface area contributed by atoms with E-state index in [9.17, 15) is 0 Å². The van der Waals surface area contributed by atoms with Gasteiger partial charge < -0.3 is 19.7 Å². The van der Waals surface area contributed by atoms with Gasteiger partial charge in [-0.3, -0.25) is 0 Å². The lowest BCUT2D eigenvalue weighted by molar-refractivity contribution is 0.419. The third-order valence-electron chi connectivity index (χ3n) is 12.3. The van der Waals surface area contributed by atoms with Crippen molar-refractivity contribution in [1.29, 1.82) is 0 Å². The highest BCUT2D eigenvalue weighted by Gasteiger charge is 2.16. The minimum atomic E-state index is 0.788. The number of aryl methyl sites for hydroxylation is 1. The Balaban J connectivity index is 0.832. The lowest BCUT2D eigenvalue weighted by Gasteiger charge is -2.10. The normalized spacial score (nSPS) is 11.8. The standard InChI is InChI=1S/C54H38N6O/c1-31-23-51(44-30-57-54-40(44)10-6-12-52(54)61-2)60-46-20-13-32(25-41(31)46)24-37-8-5-9-39-43(29-56-53(37)39)48-22-18-34-14-15-35(26-49(34)59-48)36-16-19-38-42(28-55-50(38)27-36)47-21-17-33-7-3-4-11-45(33)58-47/h3-23,25-30,55-57H,24H2,1-2H3. The van der Waals surface area contributed by atoms with Gasteiger partial charge in [-0.25, -0.2) is 15.0 Å². The number of rotatable bonds is 7. The summed E-state index contributed by atoms with van der Waals surface area (Å²) in [6.07, 6.45) is 6.98. The molecule has 3 N–H and O–H groups in total. The van der Waals surface area contributed by atoms with Crippen molar-refractivity contribution >= 4 is 65.4 Å². The number of nitrogens with one attached hydrogen (secondary N) is 3. The van der Waals surface area contributed by atoms with E-state index in [1.807, 2.05) is 30.5 Å². The van der Waals surface area contributed by atoms with Gasteiger partial charge in [0.15, 0.2) is 0 Å². The number of fused-ring (bicyclic) bond motifs is 6. The first kappa shape index (κ1) is 35.0. The molecule has 0 fully saturated rings. The second-order valence-electron chi connectivity index (χ2n) is 15.9. The molecule has 0 radical (unpaired) electrons. The molecule has 0 amide bonds. The van der Waals surface area contributed by atoms with Gasteiger partial charge in [-0.05, 0) is 95.8 Å². The Bertz CT molecular complexity index is 3700. The average molecular weight is 787 g/mol. The molecule has 0 saturated carbocycles. The lowest BCUT2D eigenvalue weighted by atomic mass is 9.98. The molecular formula is C54H38N6O. The Morgan fingerprint density at radius 3 is 2.02 bits per heavy atom. The summed E-state index contributed by atoms with van der Waals surface area (Å²) in [5, 5.41) is 6.81. The van der Waals surface area contributed by atoms with Crippen LogP contribution < -0.4 is 4.74 Å². The van der Waals surface area contributed by atoms with Gasteiger partial charge in [0.1, 0.15) is 5.75 Å². The van der Waals surface area contributed by atoms with Crippen molar-refractivity contribution in [3.8, 4) is 50.6 Å². The van der Waals surface area contributed by atoms with Gasteiger partial charge >= 0.3 is 0 Å². The van der Waals surface area contributed by atoms with E-state index in [1.54, 1.807) is 7.11 Å². The molecular weight excluding hydrogens is 749 g/mol. The number of hydrogen-bond donors (Lipinski definition) is 3. The van der Waals surface area contributed by atoms with Crippen LogP contribution in [0.3, 0.4) is 0 Å². The minimum Gasteiger partial charge on any atom is -0.495 e. The van der Waals surface area contributed by atoms with Crippen molar-refractivity contribution in [3.05, 3.63) is 181 Å². The Morgan fingerprint density at radius 1 is 0.475 bits per heavy atom. The maximum Gasteiger partial charge on any atom is 0.142 e. The molecule has 0 aliphatic carbocycles. The fourth-order valence-electron chi connectivity index (χ4n) is 9.17. The van der Waals surface area contributed by atoms with Crippen molar-refractivity contribution in [2.45, 2.75) is 13.3 Å². The molecule has 290 valence electrons. The third-order valence-corrected chi connectivity index (χ3v) is 12.3. The average Bonchev–Trinajstić information content (AvgIpc) is 4.06. The van der Waals surface area contributed by atoms with Crippen molar-refractivity contribution in [1.82, 2.24) is 29.9 Å². The first-order valence-corrected chi connectivity index (χ1v) is 20.6. The van der Waals surface area contributed by atoms with Crippen LogP contribution in [-0.4, -0.2) is 37.0 Å². The van der Waals surface area contributed by atoms with E-state index in [-0.39, 0.29) is 0 Å². The number of aromatic amines is 3. The molecule has 0 spiro atoms. The summed E-state index contributed by atoms with van der Waals surface area (Å²) in [6.45, 7) is 2.17. The zero-order chi connectivity index (χ0) is 40.6. The minimum absolute atomic E-state index is 0.788. The molecule has 0 unspecified atom stereocenters. The van der Waals surface area contributed by atoms with Crippen LogP contribution in [0.15, 0.2) is 164 Å². The second-order valence-corrected chi connectivity index (χ2v) is 15.9. The summed E-state index contributed by atoms with van der Waals surface area (Å²) in [5.41, 5.74) is 18.2. The van der Waals surface area contributed by atoms with Gasteiger partial charge in [0.2, 0.25) is 0 Å². The van der Waals surface area contributed by atoms with E-state index in [2.05, 4.69) is 156 Å². The molecule has 12 rings (SSSR count). The first-order chi connectivity index (χ1) is 30.0.